The van der Waals surface area contributed by atoms with Crippen molar-refractivity contribution in [1.29, 1.82) is 0 Å². The molecule has 0 radical (unpaired) electrons. The maximum Gasteiger partial charge on any atom is 0.258 e. The Hall–Kier alpha value is -2.76. The summed E-state index contributed by atoms with van der Waals surface area (Å²) in [6, 6.07) is 9.18. The first kappa shape index (κ1) is 15.6. The second-order valence-electron chi connectivity index (χ2n) is 4.56. The summed E-state index contributed by atoms with van der Waals surface area (Å²) in [6.45, 7) is 1.72. The Kier molecular flexibility index (Phi) is 4.83. The summed E-state index contributed by atoms with van der Waals surface area (Å²) < 4.78 is 26.4. The number of anilines is 2. The van der Waals surface area contributed by atoms with Crippen molar-refractivity contribution in [2.45, 2.75) is 13.3 Å². The van der Waals surface area contributed by atoms with E-state index in [-0.39, 0.29) is 11.5 Å². The van der Waals surface area contributed by atoms with Gasteiger partial charge in [0.05, 0.1) is 5.56 Å². The van der Waals surface area contributed by atoms with Crippen molar-refractivity contribution < 1.29 is 18.4 Å². The van der Waals surface area contributed by atoms with Gasteiger partial charge in [-0.15, -0.1) is 0 Å². The number of nitrogens with one attached hydrogen (secondary N) is 2. The molecular weight excluding hydrogens is 290 g/mol. The van der Waals surface area contributed by atoms with E-state index in [0.29, 0.717) is 23.9 Å². The number of rotatable bonds is 4. The summed E-state index contributed by atoms with van der Waals surface area (Å²) in [7, 11) is 0. The molecule has 0 aliphatic rings. The van der Waals surface area contributed by atoms with Gasteiger partial charge in [-0.05, 0) is 30.3 Å². The van der Waals surface area contributed by atoms with Crippen LogP contribution >= 0.6 is 0 Å². The highest BCUT2D eigenvalue weighted by Gasteiger charge is 2.13. The largest absolute Gasteiger partial charge is 0.326 e. The minimum absolute atomic E-state index is 0.159. The minimum Gasteiger partial charge on any atom is -0.326 e. The van der Waals surface area contributed by atoms with Gasteiger partial charge in [0.2, 0.25) is 5.91 Å². The van der Waals surface area contributed by atoms with Crippen LogP contribution in [0.15, 0.2) is 42.5 Å². The zero-order valence-electron chi connectivity index (χ0n) is 11.8. The van der Waals surface area contributed by atoms with Crippen molar-refractivity contribution >= 4 is 23.2 Å². The fraction of sp³-hybridized carbons (Fsp3) is 0.125. The molecule has 2 aromatic carbocycles. The van der Waals surface area contributed by atoms with Gasteiger partial charge in [0.15, 0.2) is 0 Å². The first-order valence-electron chi connectivity index (χ1n) is 6.66. The van der Waals surface area contributed by atoms with Crippen molar-refractivity contribution in [1.82, 2.24) is 0 Å². The normalized spacial score (nSPS) is 10.1. The molecule has 0 bridgehead atoms. The Bertz CT molecular complexity index is 717. The summed E-state index contributed by atoms with van der Waals surface area (Å²) in [5.74, 6) is -2.55. The Balaban J connectivity index is 2.14. The van der Waals surface area contributed by atoms with Crippen LogP contribution in [0.25, 0.3) is 0 Å². The zero-order valence-corrected chi connectivity index (χ0v) is 11.8. The van der Waals surface area contributed by atoms with Gasteiger partial charge in [-0.2, -0.15) is 0 Å². The molecule has 0 aromatic heterocycles. The smallest absolute Gasteiger partial charge is 0.258 e. The predicted octanol–water partition coefficient (Wildman–Crippen LogP) is 3.57. The third-order valence-corrected chi connectivity index (χ3v) is 2.90. The van der Waals surface area contributed by atoms with E-state index >= 15 is 0 Å². The minimum atomic E-state index is -0.937. The van der Waals surface area contributed by atoms with E-state index in [1.165, 1.54) is 0 Å². The molecule has 0 saturated heterocycles. The van der Waals surface area contributed by atoms with Gasteiger partial charge < -0.3 is 10.6 Å². The monoisotopic (exact) mass is 304 g/mol. The van der Waals surface area contributed by atoms with Crippen molar-refractivity contribution in [3.63, 3.8) is 0 Å². The third kappa shape index (κ3) is 3.88. The van der Waals surface area contributed by atoms with Crippen LogP contribution in [-0.2, 0) is 4.79 Å². The SMILES string of the molecule is CCC(=O)Nc1cccc(NC(=O)c2ccc(F)cc2F)c1. The van der Waals surface area contributed by atoms with Gasteiger partial charge in [0.1, 0.15) is 11.6 Å². The molecule has 22 heavy (non-hydrogen) atoms. The lowest BCUT2D eigenvalue weighted by Gasteiger charge is -2.09. The fourth-order valence-electron chi connectivity index (χ4n) is 1.80. The molecule has 4 nitrogen and oxygen atoms in total. The van der Waals surface area contributed by atoms with Gasteiger partial charge in [-0.3, -0.25) is 9.59 Å². The number of benzene rings is 2. The van der Waals surface area contributed by atoms with Gasteiger partial charge >= 0.3 is 0 Å². The molecule has 0 aliphatic carbocycles. The lowest BCUT2D eigenvalue weighted by molar-refractivity contribution is -0.115. The van der Waals surface area contributed by atoms with Crippen LogP contribution in [0.5, 0.6) is 0 Å². The summed E-state index contributed by atoms with van der Waals surface area (Å²) in [6.07, 6.45) is 0.331. The Morgan fingerprint density at radius 1 is 1.00 bits per heavy atom. The van der Waals surface area contributed by atoms with Crippen molar-refractivity contribution in [2.75, 3.05) is 10.6 Å². The van der Waals surface area contributed by atoms with Crippen LogP contribution < -0.4 is 10.6 Å². The number of carbonyl (C=O) groups excluding carboxylic acids is 2. The molecule has 0 fully saturated rings. The van der Waals surface area contributed by atoms with Crippen LogP contribution in [0, 0.1) is 11.6 Å². The summed E-state index contributed by atoms with van der Waals surface area (Å²) >= 11 is 0. The molecular formula is C16H14F2N2O2. The predicted molar refractivity (Wildman–Crippen MR) is 79.7 cm³/mol. The second-order valence-corrected chi connectivity index (χ2v) is 4.56. The third-order valence-electron chi connectivity index (χ3n) is 2.90. The average Bonchev–Trinajstić information content (AvgIpc) is 2.47. The highest BCUT2D eigenvalue weighted by Crippen LogP contribution is 2.17. The lowest BCUT2D eigenvalue weighted by Crippen LogP contribution is -2.14. The standard InChI is InChI=1S/C16H14F2N2O2/c1-2-15(21)19-11-4-3-5-12(9-11)20-16(22)13-7-6-10(17)8-14(13)18/h3-9H,2H2,1H3,(H,19,21)(H,20,22). The van der Waals surface area contributed by atoms with Gasteiger partial charge in [-0.1, -0.05) is 13.0 Å². The Morgan fingerprint density at radius 2 is 1.68 bits per heavy atom. The van der Waals surface area contributed by atoms with E-state index in [9.17, 15) is 18.4 Å². The van der Waals surface area contributed by atoms with Gasteiger partial charge in [-0.25, -0.2) is 8.78 Å². The van der Waals surface area contributed by atoms with Crippen LogP contribution in [0.2, 0.25) is 0 Å². The number of carbonyl (C=O) groups is 2. The van der Waals surface area contributed by atoms with E-state index in [0.717, 1.165) is 12.1 Å². The van der Waals surface area contributed by atoms with E-state index in [1.54, 1.807) is 31.2 Å². The zero-order chi connectivity index (χ0) is 16.1. The molecule has 0 saturated carbocycles. The van der Waals surface area contributed by atoms with E-state index < -0.39 is 17.5 Å². The van der Waals surface area contributed by atoms with Crippen LogP contribution in [0.3, 0.4) is 0 Å². The number of hydrogen-bond donors (Lipinski definition) is 2. The number of halogens is 2. The van der Waals surface area contributed by atoms with Crippen LogP contribution in [0.1, 0.15) is 23.7 Å². The molecule has 0 unspecified atom stereocenters. The highest BCUT2D eigenvalue weighted by atomic mass is 19.1. The van der Waals surface area contributed by atoms with Crippen LogP contribution in [0.4, 0.5) is 20.2 Å². The molecule has 6 heteroatoms. The van der Waals surface area contributed by atoms with Gasteiger partial charge in [0.25, 0.3) is 5.91 Å². The van der Waals surface area contributed by atoms with E-state index in [2.05, 4.69) is 10.6 Å². The maximum atomic E-state index is 13.5. The van der Waals surface area contributed by atoms with Gasteiger partial charge in [0, 0.05) is 23.9 Å². The summed E-state index contributed by atoms with van der Waals surface area (Å²) in [5, 5.41) is 5.15. The average molecular weight is 304 g/mol. The number of amides is 2. The molecule has 0 atom stereocenters. The molecule has 2 N–H and O–H groups in total. The maximum absolute atomic E-state index is 13.5. The molecule has 2 aromatic rings. The lowest BCUT2D eigenvalue weighted by atomic mass is 10.2. The van der Waals surface area contributed by atoms with E-state index in [1.807, 2.05) is 0 Å². The van der Waals surface area contributed by atoms with Crippen LogP contribution in [-0.4, -0.2) is 11.8 Å². The molecule has 2 rings (SSSR count). The Morgan fingerprint density at radius 3 is 2.32 bits per heavy atom. The number of hydrogen-bond acceptors (Lipinski definition) is 2. The quantitative estimate of drug-likeness (QED) is 0.907. The van der Waals surface area contributed by atoms with Crippen molar-refractivity contribution in [2.24, 2.45) is 0 Å². The second kappa shape index (κ2) is 6.80. The topological polar surface area (TPSA) is 58.2 Å². The first-order chi connectivity index (χ1) is 10.5. The van der Waals surface area contributed by atoms with Crippen molar-refractivity contribution in [3.05, 3.63) is 59.7 Å². The van der Waals surface area contributed by atoms with Crippen molar-refractivity contribution in [3.8, 4) is 0 Å². The summed E-state index contributed by atoms with van der Waals surface area (Å²) in [4.78, 5) is 23.3. The molecule has 114 valence electrons. The molecule has 2 amide bonds. The molecule has 0 spiro atoms. The fourth-order valence-corrected chi connectivity index (χ4v) is 1.80. The molecule has 0 aliphatic heterocycles. The Labute approximate surface area is 126 Å². The highest BCUT2D eigenvalue weighted by molar-refractivity contribution is 6.04. The summed E-state index contributed by atoms with van der Waals surface area (Å²) in [5.41, 5.74) is 0.649. The molecule has 0 heterocycles. The van der Waals surface area contributed by atoms with E-state index in [4.69, 9.17) is 0 Å². The first-order valence-corrected chi connectivity index (χ1v) is 6.66.